The molecule has 2 rings (SSSR count). The molecule has 0 saturated carbocycles. The van der Waals surface area contributed by atoms with Crippen LogP contribution < -0.4 is 11.1 Å². The number of methoxy groups -OCH3 is 1. The molecule has 0 radical (unpaired) electrons. The molecule has 0 saturated heterocycles. The Hall–Kier alpha value is -2.31. The monoisotopic (exact) mass is 235 g/mol. The molecule has 0 aromatic carbocycles. The third-order valence-electron chi connectivity index (χ3n) is 2.30. The van der Waals surface area contributed by atoms with Crippen LogP contribution >= 0.6 is 0 Å². The number of fused-ring (bicyclic) bond motifs is 1. The Balaban J connectivity index is 2.34. The van der Waals surface area contributed by atoms with Gasteiger partial charge in [-0.2, -0.15) is 0 Å². The molecule has 3 N–H and O–H groups in total. The van der Waals surface area contributed by atoms with E-state index in [1.165, 1.54) is 7.11 Å². The predicted molar refractivity (Wildman–Crippen MR) is 62.5 cm³/mol. The van der Waals surface area contributed by atoms with Gasteiger partial charge in [0.1, 0.15) is 11.9 Å². The highest BCUT2D eigenvalue weighted by Crippen LogP contribution is 2.15. The Bertz CT molecular complexity index is 551. The number of nitrogens with one attached hydrogen (secondary N) is 1. The number of esters is 1. The van der Waals surface area contributed by atoms with Gasteiger partial charge in [0, 0.05) is 12.4 Å². The standard InChI is InChI=1S/C10H13N5O2/c1-6(10(16)17-2)13-8-9-12-3-4-15(9)5-7(11)14-8/h3-6H,11H2,1-2H3,(H,13,14). The minimum absolute atomic E-state index is 0.343. The molecule has 7 nitrogen and oxygen atoms in total. The summed E-state index contributed by atoms with van der Waals surface area (Å²) in [5.41, 5.74) is 6.26. The van der Waals surface area contributed by atoms with Crippen LogP contribution in [0.3, 0.4) is 0 Å². The van der Waals surface area contributed by atoms with Crippen LogP contribution in [0.2, 0.25) is 0 Å². The van der Waals surface area contributed by atoms with Crippen molar-refractivity contribution < 1.29 is 9.53 Å². The number of nitrogen functional groups attached to an aromatic ring is 1. The minimum atomic E-state index is -0.519. The molecule has 7 heteroatoms. The summed E-state index contributed by atoms with van der Waals surface area (Å²) < 4.78 is 6.35. The molecule has 17 heavy (non-hydrogen) atoms. The molecule has 2 heterocycles. The Kier molecular flexibility index (Phi) is 2.82. The average molecular weight is 235 g/mol. The number of hydrogen-bond acceptors (Lipinski definition) is 6. The molecule has 0 fully saturated rings. The number of ether oxygens (including phenoxy) is 1. The smallest absolute Gasteiger partial charge is 0.328 e. The topological polar surface area (TPSA) is 94.5 Å². The summed E-state index contributed by atoms with van der Waals surface area (Å²) in [6.45, 7) is 1.68. The number of rotatable bonds is 3. The number of aromatic nitrogens is 3. The van der Waals surface area contributed by atoms with E-state index in [9.17, 15) is 4.79 Å². The van der Waals surface area contributed by atoms with E-state index in [4.69, 9.17) is 5.73 Å². The largest absolute Gasteiger partial charge is 0.467 e. The van der Waals surface area contributed by atoms with E-state index in [1.807, 2.05) is 0 Å². The summed E-state index contributed by atoms with van der Waals surface area (Å²) in [7, 11) is 1.33. The van der Waals surface area contributed by atoms with Crippen molar-refractivity contribution in [3.8, 4) is 0 Å². The quantitative estimate of drug-likeness (QED) is 0.742. The molecule has 0 aliphatic carbocycles. The van der Waals surface area contributed by atoms with E-state index in [0.29, 0.717) is 17.3 Å². The van der Waals surface area contributed by atoms with Gasteiger partial charge in [-0.3, -0.25) is 0 Å². The minimum Gasteiger partial charge on any atom is -0.467 e. The first kappa shape index (κ1) is 11.2. The second-order valence-electron chi connectivity index (χ2n) is 3.56. The summed E-state index contributed by atoms with van der Waals surface area (Å²) in [6.07, 6.45) is 5.03. The summed E-state index contributed by atoms with van der Waals surface area (Å²) >= 11 is 0. The van der Waals surface area contributed by atoms with Gasteiger partial charge in [0.15, 0.2) is 11.5 Å². The number of imidazole rings is 1. The second-order valence-corrected chi connectivity index (χ2v) is 3.56. The zero-order valence-electron chi connectivity index (χ0n) is 9.54. The van der Waals surface area contributed by atoms with Gasteiger partial charge in [0.2, 0.25) is 0 Å². The second kappa shape index (κ2) is 4.28. The number of carbonyl (C=O) groups is 1. The van der Waals surface area contributed by atoms with Crippen molar-refractivity contribution in [2.45, 2.75) is 13.0 Å². The SMILES string of the molecule is COC(=O)C(C)Nc1nc(N)cn2ccnc12. The van der Waals surface area contributed by atoms with Crippen molar-refractivity contribution in [3.63, 3.8) is 0 Å². The van der Waals surface area contributed by atoms with Crippen molar-refractivity contribution in [1.82, 2.24) is 14.4 Å². The first-order chi connectivity index (χ1) is 8.11. The molecule has 0 spiro atoms. The maximum atomic E-state index is 11.3. The summed E-state index contributed by atoms with van der Waals surface area (Å²) in [5.74, 6) is 0.418. The van der Waals surface area contributed by atoms with Crippen LogP contribution in [0, 0.1) is 0 Å². The predicted octanol–water partition coefficient (Wildman–Crippen LogP) is 0.285. The number of hydrogen-bond donors (Lipinski definition) is 2. The van der Waals surface area contributed by atoms with Crippen LogP contribution in [0.5, 0.6) is 0 Å². The average Bonchev–Trinajstić information content (AvgIpc) is 2.75. The molecule has 1 atom stereocenters. The first-order valence-corrected chi connectivity index (χ1v) is 5.05. The van der Waals surface area contributed by atoms with Crippen LogP contribution in [0.4, 0.5) is 11.6 Å². The Labute approximate surface area is 97.6 Å². The number of carbonyl (C=O) groups excluding carboxylic acids is 1. The zero-order chi connectivity index (χ0) is 12.4. The summed E-state index contributed by atoms with van der Waals surface area (Å²) in [6, 6.07) is -0.519. The molecule has 0 aliphatic rings. The van der Waals surface area contributed by atoms with Gasteiger partial charge in [-0.25, -0.2) is 14.8 Å². The molecule has 0 bridgehead atoms. The third-order valence-corrected chi connectivity index (χ3v) is 2.30. The van der Waals surface area contributed by atoms with Crippen LogP contribution in [-0.2, 0) is 9.53 Å². The van der Waals surface area contributed by atoms with Gasteiger partial charge in [-0.1, -0.05) is 0 Å². The normalized spacial score (nSPS) is 12.4. The third kappa shape index (κ3) is 2.12. The maximum Gasteiger partial charge on any atom is 0.328 e. The summed E-state index contributed by atoms with van der Waals surface area (Å²) in [5, 5.41) is 2.91. The zero-order valence-corrected chi connectivity index (χ0v) is 9.54. The molecular weight excluding hydrogens is 222 g/mol. The lowest BCUT2D eigenvalue weighted by Gasteiger charge is -2.13. The van der Waals surface area contributed by atoms with Crippen LogP contribution in [0.1, 0.15) is 6.92 Å². The molecule has 1 unspecified atom stereocenters. The number of nitrogens with zero attached hydrogens (tertiary/aromatic N) is 3. The summed E-state index contributed by atoms with van der Waals surface area (Å²) in [4.78, 5) is 19.5. The fourth-order valence-corrected chi connectivity index (χ4v) is 1.49. The van der Waals surface area contributed by atoms with Gasteiger partial charge < -0.3 is 20.2 Å². The van der Waals surface area contributed by atoms with Crippen molar-refractivity contribution in [2.24, 2.45) is 0 Å². The lowest BCUT2D eigenvalue weighted by Crippen LogP contribution is -2.28. The van der Waals surface area contributed by atoms with Crippen molar-refractivity contribution in [3.05, 3.63) is 18.6 Å². The molecule has 2 aromatic heterocycles. The molecule has 0 amide bonds. The van der Waals surface area contributed by atoms with Crippen molar-refractivity contribution >= 4 is 23.3 Å². The lowest BCUT2D eigenvalue weighted by atomic mass is 10.3. The van der Waals surface area contributed by atoms with Crippen molar-refractivity contribution in [1.29, 1.82) is 0 Å². The van der Waals surface area contributed by atoms with Gasteiger partial charge in [0.25, 0.3) is 0 Å². The van der Waals surface area contributed by atoms with E-state index in [2.05, 4.69) is 20.0 Å². The number of anilines is 2. The highest BCUT2D eigenvalue weighted by atomic mass is 16.5. The van der Waals surface area contributed by atoms with E-state index in [1.54, 1.807) is 29.9 Å². The maximum absolute atomic E-state index is 11.3. The van der Waals surface area contributed by atoms with Gasteiger partial charge in [0.05, 0.1) is 13.3 Å². The van der Waals surface area contributed by atoms with Gasteiger partial charge in [-0.15, -0.1) is 0 Å². The Morgan fingerprint density at radius 1 is 1.65 bits per heavy atom. The van der Waals surface area contributed by atoms with E-state index in [-0.39, 0.29) is 5.97 Å². The van der Waals surface area contributed by atoms with Crippen LogP contribution in [-0.4, -0.2) is 33.5 Å². The van der Waals surface area contributed by atoms with E-state index in [0.717, 1.165) is 0 Å². The van der Waals surface area contributed by atoms with Crippen LogP contribution in [0.25, 0.3) is 5.65 Å². The first-order valence-electron chi connectivity index (χ1n) is 5.05. The fourth-order valence-electron chi connectivity index (χ4n) is 1.49. The molecule has 2 aromatic rings. The van der Waals surface area contributed by atoms with Crippen LogP contribution in [0.15, 0.2) is 18.6 Å². The highest BCUT2D eigenvalue weighted by Gasteiger charge is 2.15. The molecule has 0 aliphatic heterocycles. The Morgan fingerprint density at radius 3 is 3.12 bits per heavy atom. The fraction of sp³-hybridized carbons (Fsp3) is 0.300. The Morgan fingerprint density at radius 2 is 2.41 bits per heavy atom. The van der Waals surface area contributed by atoms with Crippen molar-refractivity contribution in [2.75, 3.05) is 18.2 Å². The number of nitrogens with two attached hydrogens (primary N) is 1. The van der Waals surface area contributed by atoms with Gasteiger partial charge in [-0.05, 0) is 6.92 Å². The molecule has 90 valence electrons. The lowest BCUT2D eigenvalue weighted by molar-refractivity contribution is -0.141. The highest BCUT2D eigenvalue weighted by molar-refractivity contribution is 5.80. The van der Waals surface area contributed by atoms with Gasteiger partial charge >= 0.3 is 5.97 Å². The van der Waals surface area contributed by atoms with E-state index < -0.39 is 6.04 Å². The molecular formula is C10H13N5O2. The van der Waals surface area contributed by atoms with E-state index >= 15 is 0 Å².